The predicted molar refractivity (Wildman–Crippen MR) is 117 cm³/mol. The fraction of sp³-hybridized carbons (Fsp3) is 0.227. The number of aliphatic hydroxyl groups is 1. The lowest BCUT2D eigenvalue weighted by atomic mass is 10.0. The van der Waals surface area contributed by atoms with Gasteiger partial charge in [0.05, 0.1) is 13.2 Å². The molecule has 2 aromatic heterocycles. The molecule has 4 rings (SSSR count). The molecule has 0 amide bonds. The quantitative estimate of drug-likeness (QED) is 0.492. The number of benzene rings is 2. The van der Waals surface area contributed by atoms with E-state index in [1.807, 2.05) is 24.3 Å². The molecule has 9 heteroatoms. The Labute approximate surface area is 176 Å². The minimum Gasteiger partial charge on any atom is -0.395 e. The van der Waals surface area contributed by atoms with Crippen LogP contribution in [-0.2, 0) is 20.6 Å². The summed E-state index contributed by atoms with van der Waals surface area (Å²) in [5.41, 5.74) is 2.42. The molecule has 0 saturated heterocycles. The van der Waals surface area contributed by atoms with Gasteiger partial charge in [-0.1, -0.05) is 36.4 Å². The summed E-state index contributed by atoms with van der Waals surface area (Å²) in [6.45, 7) is 0.481. The molecular weight excluding hydrogens is 401 g/mol. The molecule has 31 heavy (non-hydrogen) atoms. The third kappa shape index (κ3) is 3.75. The van der Waals surface area contributed by atoms with Crippen LogP contribution >= 0.6 is 0 Å². The van der Waals surface area contributed by atoms with Crippen LogP contribution in [0.3, 0.4) is 0 Å². The van der Waals surface area contributed by atoms with E-state index < -0.39 is 11.2 Å². The third-order valence-corrected chi connectivity index (χ3v) is 5.22. The number of anilines is 1. The molecule has 0 spiro atoms. The Balaban J connectivity index is 1.77. The first-order valence-corrected chi connectivity index (χ1v) is 9.76. The molecule has 0 aliphatic rings. The van der Waals surface area contributed by atoms with Gasteiger partial charge in [0, 0.05) is 20.6 Å². The minimum atomic E-state index is -0.459. The van der Waals surface area contributed by atoms with Gasteiger partial charge in [-0.3, -0.25) is 18.5 Å². The Morgan fingerprint density at radius 1 is 0.968 bits per heavy atom. The fourth-order valence-electron chi connectivity index (χ4n) is 3.53. The van der Waals surface area contributed by atoms with Gasteiger partial charge in [0.15, 0.2) is 11.2 Å². The van der Waals surface area contributed by atoms with Crippen LogP contribution in [0.1, 0.15) is 5.56 Å². The van der Waals surface area contributed by atoms with Crippen molar-refractivity contribution in [3.05, 3.63) is 80.7 Å². The lowest BCUT2D eigenvalue weighted by Crippen LogP contribution is -2.37. The average molecular weight is 423 g/mol. The van der Waals surface area contributed by atoms with Gasteiger partial charge >= 0.3 is 5.69 Å². The van der Waals surface area contributed by atoms with E-state index in [-0.39, 0.29) is 24.6 Å². The first-order valence-electron chi connectivity index (χ1n) is 9.76. The van der Waals surface area contributed by atoms with E-state index in [0.717, 1.165) is 21.3 Å². The van der Waals surface area contributed by atoms with E-state index in [4.69, 9.17) is 0 Å². The van der Waals surface area contributed by atoms with Crippen molar-refractivity contribution >= 4 is 17.1 Å². The topological polar surface area (TPSA) is 94.1 Å². The predicted octanol–water partition coefficient (Wildman–Crippen LogP) is 1.69. The number of aliphatic hydroxyl groups excluding tert-OH is 1. The van der Waals surface area contributed by atoms with Crippen molar-refractivity contribution in [1.82, 2.24) is 18.7 Å². The number of nitrogens with one attached hydrogen (secondary N) is 1. The SMILES string of the molecule is Cn1c(=O)c2c(nc(NCCO)n2Cc2ccc(-c3ccc(F)cc3)cc2)n(C)c1=O. The first kappa shape index (κ1) is 20.5. The summed E-state index contributed by atoms with van der Waals surface area (Å²) < 4.78 is 17.3. The van der Waals surface area contributed by atoms with Gasteiger partial charge in [-0.15, -0.1) is 0 Å². The van der Waals surface area contributed by atoms with Crippen LogP contribution in [0.25, 0.3) is 22.3 Å². The van der Waals surface area contributed by atoms with Crippen molar-refractivity contribution in [2.75, 3.05) is 18.5 Å². The van der Waals surface area contributed by atoms with Crippen LogP contribution in [0.4, 0.5) is 10.3 Å². The number of aryl methyl sites for hydroxylation is 1. The Morgan fingerprint density at radius 2 is 1.58 bits per heavy atom. The number of fused-ring (bicyclic) bond motifs is 1. The van der Waals surface area contributed by atoms with Gasteiger partial charge < -0.3 is 10.4 Å². The molecule has 4 aromatic rings. The molecule has 0 aliphatic carbocycles. The Hall–Kier alpha value is -3.72. The summed E-state index contributed by atoms with van der Waals surface area (Å²) in [4.78, 5) is 29.6. The molecule has 0 unspecified atom stereocenters. The lowest BCUT2D eigenvalue weighted by molar-refractivity contribution is 0.310. The second-order valence-electron chi connectivity index (χ2n) is 7.25. The van der Waals surface area contributed by atoms with Crippen LogP contribution in [0.15, 0.2) is 58.1 Å². The van der Waals surface area contributed by atoms with Gasteiger partial charge in [-0.25, -0.2) is 9.18 Å². The number of hydrogen-bond donors (Lipinski definition) is 2. The number of halogens is 1. The summed E-state index contributed by atoms with van der Waals surface area (Å²) in [7, 11) is 2.99. The van der Waals surface area contributed by atoms with E-state index in [2.05, 4.69) is 10.3 Å². The highest BCUT2D eigenvalue weighted by Crippen LogP contribution is 2.22. The van der Waals surface area contributed by atoms with Crippen LogP contribution in [0.5, 0.6) is 0 Å². The van der Waals surface area contributed by atoms with Gasteiger partial charge in [0.25, 0.3) is 5.56 Å². The largest absolute Gasteiger partial charge is 0.395 e. The lowest BCUT2D eigenvalue weighted by Gasteiger charge is -2.11. The number of aromatic nitrogens is 4. The van der Waals surface area contributed by atoms with Crippen LogP contribution in [0.2, 0.25) is 0 Å². The fourth-order valence-corrected chi connectivity index (χ4v) is 3.53. The van der Waals surface area contributed by atoms with Crippen LogP contribution < -0.4 is 16.6 Å². The van der Waals surface area contributed by atoms with Gasteiger partial charge in [0.1, 0.15) is 5.82 Å². The van der Waals surface area contributed by atoms with E-state index in [9.17, 15) is 19.1 Å². The van der Waals surface area contributed by atoms with Crippen molar-refractivity contribution in [3.8, 4) is 11.1 Å². The third-order valence-electron chi connectivity index (χ3n) is 5.22. The maximum Gasteiger partial charge on any atom is 0.332 e. The highest BCUT2D eigenvalue weighted by Gasteiger charge is 2.19. The molecule has 0 saturated carbocycles. The molecule has 160 valence electrons. The van der Waals surface area contributed by atoms with Crippen LogP contribution in [0, 0.1) is 5.82 Å². The zero-order valence-corrected chi connectivity index (χ0v) is 17.2. The molecule has 0 atom stereocenters. The number of imidazole rings is 1. The molecule has 2 heterocycles. The van der Waals surface area contributed by atoms with Crippen molar-refractivity contribution in [3.63, 3.8) is 0 Å². The molecule has 0 bridgehead atoms. The highest BCUT2D eigenvalue weighted by molar-refractivity contribution is 5.74. The van der Waals surface area contributed by atoms with E-state index in [1.54, 1.807) is 23.7 Å². The summed E-state index contributed by atoms with van der Waals surface area (Å²) in [5, 5.41) is 12.2. The van der Waals surface area contributed by atoms with Gasteiger partial charge in [-0.2, -0.15) is 4.98 Å². The number of hydrogen-bond acceptors (Lipinski definition) is 5. The molecule has 8 nitrogen and oxygen atoms in total. The number of nitrogens with zero attached hydrogens (tertiary/aromatic N) is 4. The van der Waals surface area contributed by atoms with E-state index in [1.165, 1.54) is 23.7 Å². The molecule has 2 aromatic carbocycles. The molecular formula is C22H22FN5O3. The second kappa shape index (κ2) is 8.19. The average Bonchev–Trinajstić information content (AvgIpc) is 3.14. The zero-order chi connectivity index (χ0) is 22.1. The molecule has 0 radical (unpaired) electrons. The summed E-state index contributed by atoms with van der Waals surface area (Å²) in [5.74, 6) is 0.108. The van der Waals surface area contributed by atoms with Gasteiger partial charge in [0.2, 0.25) is 5.95 Å². The van der Waals surface area contributed by atoms with Crippen molar-refractivity contribution < 1.29 is 9.50 Å². The second-order valence-corrected chi connectivity index (χ2v) is 7.25. The van der Waals surface area contributed by atoms with Gasteiger partial charge in [-0.05, 0) is 28.8 Å². The molecule has 2 N–H and O–H groups in total. The monoisotopic (exact) mass is 423 g/mol. The maximum atomic E-state index is 13.2. The standard InChI is InChI=1S/C22H22FN5O3/c1-26-19-18(20(30)27(2)22(26)31)28(21(25-19)24-11-12-29)13-14-3-5-15(6-4-14)16-7-9-17(23)10-8-16/h3-10,29H,11-13H2,1-2H3,(H,24,25). The molecule has 0 fully saturated rings. The summed E-state index contributed by atoms with van der Waals surface area (Å²) >= 11 is 0. The van der Waals surface area contributed by atoms with Crippen molar-refractivity contribution in [2.45, 2.75) is 6.54 Å². The Kier molecular flexibility index (Phi) is 5.43. The normalized spacial score (nSPS) is 11.2. The zero-order valence-electron chi connectivity index (χ0n) is 17.2. The van der Waals surface area contributed by atoms with Crippen molar-refractivity contribution in [2.24, 2.45) is 14.1 Å². The molecule has 0 aliphatic heterocycles. The highest BCUT2D eigenvalue weighted by atomic mass is 19.1. The van der Waals surface area contributed by atoms with E-state index in [0.29, 0.717) is 18.0 Å². The Morgan fingerprint density at radius 3 is 2.19 bits per heavy atom. The van der Waals surface area contributed by atoms with E-state index >= 15 is 0 Å². The van der Waals surface area contributed by atoms with Crippen LogP contribution in [-0.4, -0.2) is 36.9 Å². The Bertz CT molecular complexity index is 1350. The number of rotatable bonds is 6. The maximum absolute atomic E-state index is 13.2. The first-order chi connectivity index (χ1) is 14.9. The summed E-state index contributed by atoms with van der Waals surface area (Å²) in [6, 6.07) is 14.0. The minimum absolute atomic E-state index is 0.105. The summed E-state index contributed by atoms with van der Waals surface area (Å²) in [6.07, 6.45) is 0. The van der Waals surface area contributed by atoms with Crippen molar-refractivity contribution in [1.29, 1.82) is 0 Å². The smallest absolute Gasteiger partial charge is 0.332 e.